The summed E-state index contributed by atoms with van der Waals surface area (Å²) >= 11 is 6.89. The first-order valence-electron chi connectivity index (χ1n) is 3.74. The second-order valence-electron chi connectivity index (χ2n) is 2.61. The van der Waals surface area contributed by atoms with Gasteiger partial charge in [0.1, 0.15) is 5.00 Å². The Morgan fingerprint density at radius 1 is 1.46 bits per heavy atom. The number of hydrogen-bond donors (Lipinski definition) is 1. The van der Waals surface area contributed by atoms with Gasteiger partial charge in [-0.25, -0.2) is 0 Å². The van der Waals surface area contributed by atoms with Gasteiger partial charge >= 0.3 is 0 Å². The maximum atomic E-state index is 5.84. The topological polar surface area (TPSA) is 26.0 Å². The Morgan fingerprint density at radius 3 is 2.92 bits per heavy atom. The molecule has 0 radical (unpaired) electrons. The van der Waals surface area contributed by atoms with Gasteiger partial charge < -0.3 is 5.73 Å². The van der Waals surface area contributed by atoms with Crippen molar-refractivity contribution in [3.63, 3.8) is 0 Å². The van der Waals surface area contributed by atoms with Crippen LogP contribution in [0.5, 0.6) is 0 Å². The van der Waals surface area contributed by atoms with Gasteiger partial charge in [0.2, 0.25) is 0 Å². The Hall–Kier alpha value is -0.190. The van der Waals surface area contributed by atoms with Crippen LogP contribution >= 0.6 is 39.0 Å². The summed E-state index contributed by atoms with van der Waals surface area (Å²) in [5.74, 6) is 0. The highest BCUT2D eigenvalue weighted by atomic mass is 79.9. The molecule has 0 aliphatic carbocycles. The Bertz CT molecular complexity index is 450. The average Bonchev–Trinajstić information content (AvgIpc) is 2.43. The molecule has 2 N–H and O–H groups in total. The van der Waals surface area contributed by atoms with Crippen LogP contribution in [0.2, 0.25) is 0 Å². The largest absolute Gasteiger partial charge is 0.390 e. The Kier molecular flexibility index (Phi) is 2.53. The molecule has 13 heavy (non-hydrogen) atoms. The number of nitrogens with two attached hydrogens (primary N) is 1. The van der Waals surface area contributed by atoms with E-state index in [1.165, 1.54) is 15.0 Å². The first-order chi connectivity index (χ1) is 6.24. The van der Waals surface area contributed by atoms with Crippen LogP contribution in [0.15, 0.2) is 27.6 Å². The molecule has 0 aliphatic rings. The van der Waals surface area contributed by atoms with E-state index in [4.69, 9.17) is 5.73 Å². The van der Waals surface area contributed by atoms with Crippen molar-refractivity contribution < 1.29 is 0 Å². The lowest BCUT2D eigenvalue weighted by molar-refractivity contribution is 1.57. The van der Waals surface area contributed by atoms with Gasteiger partial charge in [-0.1, -0.05) is 6.07 Å². The van der Waals surface area contributed by atoms with Crippen LogP contribution in [-0.2, 0) is 0 Å². The lowest BCUT2D eigenvalue weighted by Gasteiger charge is -1.98. The Balaban J connectivity index is 2.87. The summed E-state index contributed by atoms with van der Waals surface area (Å²) < 4.78 is 2.29. The van der Waals surface area contributed by atoms with E-state index in [-0.39, 0.29) is 0 Å². The van der Waals surface area contributed by atoms with Gasteiger partial charge in [-0.15, -0.1) is 23.1 Å². The van der Waals surface area contributed by atoms with Gasteiger partial charge in [-0.3, -0.25) is 0 Å². The fourth-order valence-electron chi connectivity index (χ4n) is 1.27. The van der Waals surface area contributed by atoms with Crippen molar-refractivity contribution in [2.75, 3.05) is 12.0 Å². The Morgan fingerprint density at radius 2 is 2.23 bits per heavy atom. The summed E-state index contributed by atoms with van der Waals surface area (Å²) in [7, 11) is 0. The molecule has 2 rings (SSSR count). The molecule has 0 aliphatic heterocycles. The molecule has 0 unspecified atom stereocenters. The van der Waals surface area contributed by atoms with Crippen LogP contribution in [0, 0.1) is 0 Å². The zero-order chi connectivity index (χ0) is 9.42. The van der Waals surface area contributed by atoms with Crippen molar-refractivity contribution in [1.29, 1.82) is 0 Å². The van der Waals surface area contributed by atoms with E-state index in [0.29, 0.717) is 0 Å². The minimum atomic E-state index is 0.858. The normalized spacial score (nSPS) is 10.9. The minimum absolute atomic E-state index is 0.858. The number of benzene rings is 1. The zero-order valence-corrected chi connectivity index (χ0v) is 10.2. The quantitative estimate of drug-likeness (QED) is 0.796. The van der Waals surface area contributed by atoms with E-state index in [1.54, 1.807) is 23.1 Å². The van der Waals surface area contributed by atoms with Gasteiger partial charge in [0.25, 0.3) is 0 Å². The number of thioether (sulfide) groups is 1. The molecule has 0 amide bonds. The summed E-state index contributed by atoms with van der Waals surface area (Å²) in [6, 6.07) is 6.28. The number of anilines is 1. The van der Waals surface area contributed by atoms with Crippen molar-refractivity contribution in [2.45, 2.75) is 4.90 Å². The van der Waals surface area contributed by atoms with E-state index < -0.39 is 0 Å². The molecule has 0 fully saturated rings. The average molecular weight is 274 g/mol. The molecule has 0 saturated carbocycles. The molecule has 0 spiro atoms. The summed E-state index contributed by atoms with van der Waals surface area (Å²) in [6.45, 7) is 0. The number of rotatable bonds is 1. The standard InChI is InChI=1S/C9H8BrNS2/c1-12-5-3-2-4-6-7(5)8(10)9(11)13-6/h2-4H,11H2,1H3. The van der Waals surface area contributed by atoms with Crippen molar-refractivity contribution in [3.05, 3.63) is 22.7 Å². The number of nitrogen functional groups attached to an aromatic ring is 1. The number of hydrogen-bond acceptors (Lipinski definition) is 3. The predicted molar refractivity (Wildman–Crippen MR) is 65.7 cm³/mol. The van der Waals surface area contributed by atoms with E-state index >= 15 is 0 Å². The van der Waals surface area contributed by atoms with Crippen molar-refractivity contribution in [2.24, 2.45) is 0 Å². The molecule has 2 aromatic rings. The van der Waals surface area contributed by atoms with Crippen LogP contribution in [0.25, 0.3) is 10.1 Å². The highest BCUT2D eigenvalue weighted by Crippen LogP contribution is 2.41. The molecular weight excluding hydrogens is 266 g/mol. The summed E-state index contributed by atoms with van der Waals surface area (Å²) in [4.78, 5) is 1.28. The molecule has 0 atom stereocenters. The number of thiophene rings is 1. The maximum absolute atomic E-state index is 5.84. The molecule has 68 valence electrons. The van der Waals surface area contributed by atoms with E-state index in [0.717, 1.165) is 9.47 Å². The molecular formula is C9H8BrNS2. The summed E-state index contributed by atoms with van der Waals surface area (Å²) in [5.41, 5.74) is 5.84. The first-order valence-corrected chi connectivity index (χ1v) is 6.58. The third-order valence-electron chi connectivity index (χ3n) is 1.86. The van der Waals surface area contributed by atoms with Crippen molar-refractivity contribution in [1.82, 2.24) is 0 Å². The third-order valence-corrected chi connectivity index (χ3v) is 4.71. The molecule has 4 heteroatoms. The van der Waals surface area contributed by atoms with Crippen LogP contribution in [-0.4, -0.2) is 6.26 Å². The van der Waals surface area contributed by atoms with Crippen LogP contribution in [0.1, 0.15) is 0 Å². The second kappa shape index (κ2) is 3.52. The molecule has 1 heterocycles. The fourth-order valence-corrected chi connectivity index (χ4v) is 3.79. The van der Waals surface area contributed by atoms with Crippen molar-refractivity contribution >= 4 is 54.1 Å². The first kappa shape index (κ1) is 9.37. The smallest absolute Gasteiger partial charge is 0.101 e. The molecule has 1 aromatic carbocycles. The van der Waals surface area contributed by atoms with E-state index in [9.17, 15) is 0 Å². The minimum Gasteiger partial charge on any atom is -0.390 e. The van der Waals surface area contributed by atoms with Gasteiger partial charge in [-0.2, -0.15) is 0 Å². The lowest BCUT2D eigenvalue weighted by atomic mass is 10.3. The van der Waals surface area contributed by atoms with Gasteiger partial charge in [0, 0.05) is 15.0 Å². The number of halogens is 1. The fraction of sp³-hybridized carbons (Fsp3) is 0.111. The maximum Gasteiger partial charge on any atom is 0.101 e. The van der Waals surface area contributed by atoms with Gasteiger partial charge in [0.05, 0.1) is 4.47 Å². The van der Waals surface area contributed by atoms with Crippen LogP contribution in [0.3, 0.4) is 0 Å². The van der Waals surface area contributed by atoms with Crippen molar-refractivity contribution in [3.8, 4) is 0 Å². The van der Waals surface area contributed by atoms with E-state index in [1.807, 2.05) is 0 Å². The molecule has 0 bridgehead atoms. The summed E-state index contributed by atoms with van der Waals surface area (Å²) in [5, 5.41) is 2.11. The predicted octanol–water partition coefficient (Wildman–Crippen LogP) is 3.97. The lowest BCUT2D eigenvalue weighted by Crippen LogP contribution is -1.78. The third kappa shape index (κ3) is 1.47. The SMILES string of the molecule is CSc1cccc2sc(N)c(Br)c12. The Labute approximate surface area is 93.4 Å². The molecule has 0 saturated heterocycles. The zero-order valence-electron chi connectivity index (χ0n) is 7.00. The highest BCUT2D eigenvalue weighted by molar-refractivity contribution is 9.10. The van der Waals surface area contributed by atoms with Gasteiger partial charge in [-0.05, 0) is 34.3 Å². The van der Waals surface area contributed by atoms with Gasteiger partial charge in [0.15, 0.2) is 0 Å². The number of fused-ring (bicyclic) bond motifs is 1. The highest BCUT2D eigenvalue weighted by Gasteiger charge is 2.09. The monoisotopic (exact) mass is 273 g/mol. The van der Waals surface area contributed by atoms with Crippen LogP contribution < -0.4 is 5.73 Å². The molecule has 1 nitrogen and oxygen atoms in total. The van der Waals surface area contributed by atoms with Crippen LogP contribution in [0.4, 0.5) is 5.00 Å². The van der Waals surface area contributed by atoms with E-state index in [2.05, 4.69) is 40.4 Å². The summed E-state index contributed by atoms with van der Waals surface area (Å²) in [6.07, 6.45) is 2.08. The second-order valence-corrected chi connectivity index (χ2v) is 5.34. The molecule has 1 aromatic heterocycles.